The molecule has 0 saturated carbocycles. The molecule has 1 aliphatic heterocycles. The summed E-state index contributed by atoms with van der Waals surface area (Å²) in [6, 6.07) is 1.48. The lowest BCUT2D eigenvalue weighted by atomic mass is 10.1. The highest BCUT2D eigenvalue weighted by molar-refractivity contribution is 6.32. The molecular weight excluding hydrogens is 296 g/mol. The zero-order valence-corrected chi connectivity index (χ0v) is 12.7. The fraction of sp³-hybridized carbons (Fsp3) is 0.538. The van der Waals surface area contributed by atoms with Gasteiger partial charge in [-0.1, -0.05) is 18.5 Å². The van der Waals surface area contributed by atoms with Crippen LogP contribution in [0.3, 0.4) is 0 Å². The molecule has 8 heteroatoms. The second-order valence-corrected chi connectivity index (χ2v) is 5.44. The fourth-order valence-corrected chi connectivity index (χ4v) is 2.61. The molecule has 1 aromatic heterocycles. The summed E-state index contributed by atoms with van der Waals surface area (Å²) in [6.45, 7) is 4.00. The highest BCUT2D eigenvalue weighted by atomic mass is 35.5. The van der Waals surface area contributed by atoms with E-state index in [1.165, 1.54) is 6.07 Å². The predicted octanol–water partition coefficient (Wildman–Crippen LogP) is 1.81. The van der Waals surface area contributed by atoms with Gasteiger partial charge in [0, 0.05) is 31.7 Å². The first-order valence-corrected chi connectivity index (χ1v) is 7.11. The molecule has 2 rings (SSSR count). The summed E-state index contributed by atoms with van der Waals surface area (Å²) in [5, 5.41) is 10.8. The average Bonchev–Trinajstić information content (AvgIpc) is 2.47. The zero-order chi connectivity index (χ0) is 15.6. The van der Waals surface area contributed by atoms with Crippen molar-refractivity contribution in [2.24, 2.45) is 0 Å². The molecule has 0 bridgehead atoms. The lowest BCUT2D eigenvalue weighted by molar-refractivity contribution is -0.385. The molecular formula is C13H17ClN4O3. The van der Waals surface area contributed by atoms with Crippen LogP contribution >= 0.6 is 11.6 Å². The van der Waals surface area contributed by atoms with Gasteiger partial charge in [-0.05, 0) is 13.5 Å². The summed E-state index contributed by atoms with van der Waals surface area (Å²) in [5.74, 6) is -0.303. The van der Waals surface area contributed by atoms with E-state index in [0.717, 1.165) is 19.2 Å². The molecule has 2 heterocycles. The minimum absolute atomic E-state index is 0.00224. The van der Waals surface area contributed by atoms with Crippen LogP contribution in [0.2, 0.25) is 5.15 Å². The summed E-state index contributed by atoms with van der Waals surface area (Å²) in [4.78, 5) is 30.4. The van der Waals surface area contributed by atoms with Gasteiger partial charge in [-0.3, -0.25) is 19.8 Å². The Balaban J connectivity index is 2.24. The van der Waals surface area contributed by atoms with Crippen molar-refractivity contribution in [3.8, 4) is 0 Å². The SMILES string of the molecule is CCC1CN(C(=O)c2cc([N+](=O)[O-])cnc2Cl)CCN1C. The number of halogens is 1. The second-order valence-electron chi connectivity index (χ2n) is 5.08. The normalized spacial score (nSPS) is 19.6. The highest BCUT2D eigenvalue weighted by Crippen LogP contribution is 2.22. The lowest BCUT2D eigenvalue weighted by Gasteiger charge is -2.39. The van der Waals surface area contributed by atoms with Crippen LogP contribution < -0.4 is 0 Å². The minimum atomic E-state index is -0.584. The molecule has 21 heavy (non-hydrogen) atoms. The zero-order valence-electron chi connectivity index (χ0n) is 12.0. The average molecular weight is 313 g/mol. The number of carbonyl (C=O) groups excluding carboxylic acids is 1. The Morgan fingerprint density at radius 2 is 2.29 bits per heavy atom. The van der Waals surface area contributed by atoms with Gasteiger partial charge < -0.3 is 4.90 Å². The summed E-state index contributed by atoms with van der Waals surface area (Å²) in [7, 11) is 2.03. The van der Waals surface area contributed by atoms with E-state index in [2.05, 4.69) is 16.8 Å². The molecule has 1 unspecified atom stereocenters. The summed E-state index contributed by atoms with van der Waals surface area (Å²) < 4.78 is 0. The van der Waals surface area contributed by atoms with Crippen molar-refractivity contribution in [1.29, 1.82) is 0 Å². The third-order valence-electron chi connectivity index (χ3n) is 3.80. The van der Waals surface area contributed by atoms with Crippen molar-refractivity contribution < 1.29 is 9.72 Å². The van der Waals surface area contributed by atoms with E-state index in [9.17, 15) is 14.9 Å². The fourth-order valence-electron chi connectivity index (χ4n) is 2.43. The lowest BCUT2D eigenvalue weighted by Crippen LogP contribution is -2.53. The van der Waals surface area contributed by atoms with Gasteiger partial charge in [0.15, 0.2) is 0 Å². The number of carbonyl (C=O) groups is 1. The smallest absolute Gasteiger partial charge is 0.288 e. The Hall–Kier alpha value is -1.73. The molecule has 1 aliphatic rings. The van der Waals surface area contributed by atoms with Crippen molar-refractivity contribution in [2.45, 2.75) is 19.4 Å². The quantitative estimate of drug-likeness (QED) is 0.483. The van der Waals surface area contributed by atoms with Gasteiger partial charge in [-0.2, -0.15) is 0 Å². The number of piperazine rings is 1. The number of hydrogen-bond acceptors (Lipinski definition) is 5. The molecule has 114 valence electrons. The van der Waals surface area contributed by atoms with Crippen LogP contribution in [0.15, 0.2) is 12.3 Å². The molecule has 1 atom stereocenters. The number of aromatic nitrogens is 1. The number of rotatable bonds is 3. The molecule has 1 fully saturated rings. The maximum Gasteiger partial charge on any atom is 0.288 e. The number of nitro groups is 1. The van der Waals surface area contributed by atoms with E-state index >= 15 is 0 Å². The summed E-state index contributed by atoms with van der Waals surface area (Å²) in [6.07, 6.45) is 1.99. The predicted molar refractivity (Wildman–Crippen MR) is 78.5 cm³/mol. The van der Waals surface area contributed by atoms with Crippen LogP contribution in [0.5, 0.6) is 0 Å². The Bertz CT molecular complexity index is 566. The third kappa shape index (κ3) is 3.30. The summed E-state index contributed by atoms with van der Waals surface area (Å²) >= 11 is 5.92. The Labute approximate surface area is 127 Å². The molecule has 0 aliphatic carbocycles. The number of pyridine rings is 1. The van der Waals surface area contributed by atoms with Gasteiger partial charge in [0.1, 0.15) is 11.3 Å². The van der Waals surface area contributed by atoms with E-state index in [1.54, 1.807) is 4.90 Å². The van der Waals surface area contributed by atoms with Crippen LogP contribution in [-0.2, 0) is 0 Å². The monoisotopic (exact) mass is 312 g/mol. The second kappa shape index (κ2) is 6.36. The Kier molecular flexibility index (Phi) is 4.74. The molecule has 0 N–H and O–H groups in total. The number of nitrogens with zero attached hydrogens (tertiary/aromatic N) is 4. The van der Waals surface area contributed by atoms with Crippen molar-refractivity contribution in [3.63, 3.8) is 0 Å². The van der Waals surface area contributed by atoms with Crippen LogP contribution in [0.4, 0.5) is 5.69 Å². The van der Waals surface area contributed by atoms with Crippen molar-refractivity contribution in [2.75, 3.05) is 26.7 Å². The van der Waals surface area contributed by atoms with Crippen molar-refractivity contribution in [1.82, 2.24) is 14.8 Å². The molecule has 1 aromatic rings. The summed E-state index contributed by atoms with van der Waals surface area (Å²) in [5.41, 5.74) is -0.144. The number of amides is 1. The van der Waals surface area contributed by atoms with Crippen LogP contribution in [0.25, 0.3) is 0 Å². The molecule has 7 nitrogen and oxygen atoms in total. The van der Waals surface area contributed by atoms with E-state index < -0.39 is 4.92 Å². The van der Waals surface area contributed by atoms with Crippen molar-refractivity contribution in [3.05, 3.63) is 33.1 Å². The first-order valence-electron chi connectivity index (χ1n) is 6.73. The van der Waals surface area contributed by atoms with Gasteiger partial charge in [0.25, 0.3) is 11.6 Å². The van der Waals surface area contributed by atoms with E-state index in [4.69, 9.17) is 11.6 Å². The largest absolute Gasteiger partial charge is 0.336 e. The minimum Gasteiger partial charge on any atom is -0.336 e. The van der Waals surface area contributed by atoms with E-state index in [-0.39, 0.29) is 28.4 Å². The highest BCUT2D eigenvalue weighted by Gasteiger charge is 2.29. The van der Waals surface area contributed by atoms with Gasteiger partial charge in [0.2, 0.25) is 0 Å². The number of likely N-dealkylation sites (N-methyl/N-ethyl adjacent to an activating group) is 1. The number of hydrogen-bond donors (Lipinski definition) is 0. The van der Waals surface area contributed by atoms with Gasteiger partial charge in [-0.15, -0.1) is 0 Å². The maximum atomic E-state index is 12.5. The van der Waals surface area contributed by atoms with Crippen molar-refractivity contribution >= 4 is 23.2 Å². The topological polar surface area (TPSA) is 79.6 Å². The first kappa shape index (κ1) is 15.7. The molecule has 0 aromatic carbocycles. The maximum absolute atomic E-state index is 12.5. The van der Waals surface area contributed by atoms with Crippen LogP contribution in [0, 0.1) is 10.1 Å². The Morgan fingerprint density at radius 3 is 2.90 bits per heavy atom. The van der Waals surface area contributed by atoms with E-state index in [1.807, 2.05) is 7.05 Å². The third-order valence-corrected chi connectivity index (χ3v) is 4.10. The van der Waals surface area contributed by atoms with Crippen LogP contribution in [0.1, 0.15) is 23.7 Å². The molecule has 0 spiro atoms. The first-order chi connectivity index (χ1) is 9.93. The van der Waals surface area contributed by atoms with Gasteiger partial charge >= 0.3 is 0 Å². The molecule has 1 amide bonds. The van der Waals surface area contributed by atoms with Gasteiger partial charge in [-0.25, -0.2) is 4.98 Å². The molecule has 1 saturated heterocycles. The standard InChI is InChI=1S/C13H17ClN4O3/c1-3-9-8-17(5-4-16(9)2)13(19)11-6-10(18(20)21)7-15-12(11)14/h6-7,9H,3-5,8H2,1-2H3. The Morgan fingerprint density at radius 1 is 1.57 bits per heavy atom. The van der Waals surface area contributed by atoms with Crippen LogP contribution in [-0.4, -0.2) is 58.3 Å². The van der Waals surface area contributed by atoms with E-state index in [0.29, 0.717) is 13.1 Å². The van der Waals surface area contributed by atoms with Gasteiger partial charge in [0.05, 0.1) is 10.5 Å². The molecule has 0 radical (unpaired) electrons.